The van der Waals surface area contributed by atoms with Gasteiger partial charge in [-0.1, -0.05) is 23.2 Å². The second-order valence-corrected chi connectivity index (χ2v) is 9.65. The molecule has 0 spiro atoms. The average Bonchev–Trinajstić information content (AvgIpc) is 2.65. The van der Waals surface area contributed by atoms with Gasteiger partial charge in [0.2, 0.25) is 0 Å². The summed E-state index contributed by atoms with van der Waals surface area (Å²) in [6.07, 6.45) is -0.398. The van der Waals surface area contributed by atoms with Gasteiger partial charge in [-0.3, -0.25) is 0 Å². The second kappa shape index (κ2) is 8.37. The molecule has 0 N–H and O–H groups in total. The molecule has 3 rings (SSSR count). The number of fused-ring (bicyclic) bond motifs is 1. The molecule has 1 aliphatic rings. The summed E-state index contributed by atoms with van der Waals surface area (Å²) >= 11 is 15.5. The molecule has 160 valence electrons. The molecular formula is C20H20BrCl2FN4O2. The van der Waals surface area contributed by atoms with E-state index < -0.39 is 17.5 Å². The molecule has 2 aromatic rings. The van der Waals surface area contributed by atoms with Crippen molar-refractivity contribution in [2.75, 3.05) is 24.5 Å². The third kappa shape index (κ3) is 4.29. The molecule has 1 aromatic heterocycles. The Labute approximate surface area is 192 Å². The van der Waals surface area contributed by atoms with Gasteiger partial charge in [-0.15, -0.1) is 0 Å². The first kappa shape index (κ1) is 22.9. The van der Waals surface area contributed by atoms with E-state index in [-0.39, 0.29) is 31.8 Å². The molecule has 2 heterocycles. The van der Waals surface area contributed by atoms with E-state index in [9.17, 15) is 14.4 Å². The van der Waals surface area contributed by atoms with Gasteiger partial charge in [-0.2, -0.15) is 5.26 Å². The fourth-order valence-electron chi connectivity index (χ4n) is 3.44. The van der Waals surface area contributed by atoms with Crippen molar-refractivity contribution in [1.29, 1.82) is 5.26 Å². The summed E-state index contributed by atoms with van der Waals surface area (Å²) in [5, 5.41) is 10.2. The topological polar surface area (TPSA) is 69.5 Å². The smallest absolute Gasteiger partial charge is 0.410 e. The van der Waals surface area contributed by atoms with Crippen molar-refractivity contribution in [2.24, 2.45) is 0 Å². The largest absolute Gasteiger partial charge is 0.444 e. The predicted molar refractivity (Wildman–Crippen MR) is 119 cm³/mol. The van der Waals surface area contributed by atoms with Crippen LogP contribution in [0.5, 0.6) is 0 Å². The lowest BCUT2D eigenvalue weighted by Gasteiger charge is -2.42. The van der Waals surface area contributed by atoms with E-state index in [1.165, 1.54) is 0 Å². The minimum Gasteiger partial charge on any atom is -0.444 e. The molecular weight excluding hydrogens is 498 g/mol. The number of amides is 1. The Balaban J connectivity index is 2.05. The second-order valence-electron chi connectivity index (χ2n) is 8.09. The number of nitriles is 1. The monoisotopic (exact) mass is 516 g/mol. The van der Waals surface area contributed by atoms with Crippen molar-refractivity contribution < 1.29 is 13.9 Å². The highest BCUT2D eigenvalue weighted by Crippen LogP contribution is 2.40. The van der Waals surface area contributed by atoms with Gasteiger partial charge >= 0.3 is 6.09 Å². The molecule has 1 unspecified atom stereocenters. The van der Waals surface area contributed by atoms with E-state index in [1.54, 1.807) is 11.0 Å². The molecule has 30 heavy (non-hydrogen) atoms. The summed E-state index contributed by atoms with van der Waals surface area (Å²) in [5.41, 5.74) is 0.0192. The molecule has 1 fully saturated rings. The highest BCUT2D eigenvalue weighted by atomic mass is 79.9. The van der Waals surface area contributed by atoms with Crippen LogP contribution in [0.25, 0.3) is 10.9 Å². The Morgan fingerprint density at radius 1 is 1.40 bits per heavy atom. The Hall–Kier alpha value is -1.82. The normalized spacial score (nSPS) is 17.2. The van der Waals surface area contributed by atoms with Gasteiger partial charge in [0.05, 0.1) is 15.2 Å². The number of ether oxygens (including phenoxy) is 1. The number of rotatable bonds is 1. The summed E-state index contributed by atoms with van der Waals surface area (Å²) in [5.74, 6) is -0.648. The van der Waals surface area contributed by atoms with E-state index in [0.29, 0.717) is 30.7 Å². The number of carbonyl (C=O) groups is 1. The number of hydrogen-bond donors (Lipinski definition) is 0. The quantitative estimate of drug-likeness (QED) is 0.355. The highest BCUT2D eigenvalue weighted by molar-refractivity contribution is 9.10. The zero-order valence-corrected chi connectivity index (χ0v) is 20.0. The maximum atomic E-state index is 14.8. The lowest BCUT2D eigenvalue weighted by atomic mass is 10.0. The predicted octanol–water partition coefficient (Wildman–Crippen LogP) is 5.76. The van der Waals surface area contributed by atoms with Gasteiger partial charge < -0.3 is 14.5 Å². The summed E-state index contributed by atoms with van der Waals surface area (Å²) in [6, 6.07) is 3.45. The van der Waals surface area contributed by atoms with Crippen molar-refractivity contribution in [1.82, 2.24) is 9.88 Å². The van der Waals surface area contributed by atoms with E-state index >= 15 is 0 Å². The van der Waals surface area contributed by atoms with Crippen LogP contribution in [0.2, 0.25) is 10.2 Å². The lowest BCUT2D eigenvalue weighted by Crippen LogP contribution is -2.54. The molecule has 0 radical (unpaired) electrons. The van der Waals surface area contributed by atoms with Crippen molar-refractivity contribution in [3.05, 3.63) is 32.1 Å². The summed E-state index contributed by atoms with van der Waals surface area (Å²) in [4.78, 5) is 20.1. The van der Waals surface area contributed by atoms with E-state index in [0.717, 1.165) is 0 Å². The number of anilines is 1. The fraction of sp³-hybridized carbons (Fsp3) is 0.450. The minimum absolute atomic E-state index is 0.0204. The maximum Gasteiger partial charge on any atom is 0.410 e. The van der Waals surface area contributed by atoms with Crippen molar-refractivity contribution in [3.8, 4) is 6.07 Å². The van der Waals surface area contributed by atoms with Crippen molar-refractivity contribution in [3.63, 3.8) is 0 Å². The summed E-state index contributed by atoms with van der Waals surface area (Å²) in [7, 11) is 0. The maximum absolute atomic E-state index is 14.8. The number of nitrogens with zero attached hydrogens (tertiary/aromatic N) is 4. The Morgan fingerprint density at radius 3 is 2.63 bits per heavy atom. The van der Waals surface area contributed by atoms with E-state index in [1.807, 2.05) is 32.6 Å². The van der Waals surface area contributed by atoms with Crippen LogP contribution in [0.1, 0.15) is 33.3 Å². The van der Waals surface area contributed by atoms with Crippen LogP contribution in [0.3, 0.4) is 0 Å². The molecule has 1 saturated heterocycles. The van der Waals surface area contributed by atoms with Crippen LogP contribution < -0.4 is 4.90 Å². The first-order chi connectivity index (χ1) is 13.9. The summed E-state index contributed by atoms with van der Waals surface area (Å²) in [6.45, 7) is 8.49. The van der Waals surface area contributed by atoms with Gasteiger partial charge in [0.1, 0.15) is 27.9 Å². The lowest BCUT2D eigenvalue weighted by molar-refractivity contribution is 0.0219. The molecule has 0 bridgehead atoms. The molecule has 1 atom stereocenters. The van der Waals surface area contributed by atoms with Gasteiger partial charge in [-0.25, -0.2) is 14.2 Å². The van der Waals surface area contributed by atoms with E-state index in [4.69, 9.17) is 27.9 Å². The van der Waals surface area contributed by atoms with Gasteiger partial charge in [0, 0.05) is 31.1 Å². The molecule has 0 aliphatic carbocycles. The molecule has 1 aromatic carbocycles. The SMILES string of the molecule is CC1CN(C(=O)OC(C)(C)C)CCN1c1c(C#N)c(Cl)nc2c(F)c(Br)c(Cl)cc12. The molecule has 10 heteroatoms. The molecule has 0 saturated carbocycles. The average molecular weight is 518 g/mol. The third-order valence-corrected chi connectivity index (χ3v) is 6.30. The number of halogens is 4. The van der Waals surface area contributed by atoms with Gasteiger partial charge in [-0.05, 0) is 49.7 Å². The standard InChI is InChI=1S/C20H20BrCl2FN4O2/c1-10-9-27(19(29)30-20(2,3)4)5-6-28(10)17-11-7-13(22)14(21)15(24)16(11)26-18(23)12(17)8-25/h7,10H,5-6,9H2,1-4H3. The van der Waals surface area contributed by atoms with Crippen LogP contribution in [0, 0.1) is 17.1 Å². The van der Waals surface area contributed by atoms with Gasteiger partial charge in [0.25, 0.3) is 0 Å². The Kier molecular flexibility index (Phi) is 6.38. The number of piperazine rings is 1. The first-order valence-corrected chi connectivity index (χ1v) is 10.8. The first-order valence-electron chi connectivity index (χ1n) is 9.26. The molecule has 1 aliphatic heterocycles. The number of pyridine rings is 1. The van der Waals surface area contributed by atoms with Crippen LogP contribution in [0.4, 0.5) is 14.9 Å². The number of aromatic nitrogens is 1. The number of benzene rings is 1. The Morgan fingerprint density at radius 2 is 2.07 bits per heavy atom. The van der Waals surface area contributed by atoms with Crippen LogP contribution in [-0.4, -0.2) is 47.3 Å². The number of hydrogen-bond acceptors (Lipinski definition) is 5. The highest BCUT2D eigenvalue weighted by Gasteiger charge is 2.33. The van der Waals surface area contributed by atoms with Crippen molar-refractivity contribution >= 4 is 61.8 Å². The zero-order valence-electron chi connectivity index (χ0n) is 16.9. The van der Waals surface area contributed by atoms with Crippen LogP contribution >= 0.6 is 39.1 Å². The van der Waals surface area contributed by atoms with Crippen molar-refractivity contribution in [2.45, 2.75) is 39.3 Å². The number of carbonyl (C=O) groups excluding carboxylic acids is 1. The third-order valence-electron chi connectivity index (χ3n) is 4.72. The van der Waals surface area contributed by atoms with Crippen LogP contribution in [-0.2, 0) is 4.74 Å². The molecule has 1 amide bonds. The van der Waals surface area contributed by atoms with E-state index in [2.05, 4.69) is 27.0 Å². The Bertz CT molecular complexity index is 1070. The minimum atomic E-state index is -0.648. The zero-order chi connectivity index (χ0) is 22.4. The van der Waals surface area contributed by atoms with Crippen LogP contribution in [0.15, 0.2) is 10.5 Å². The fourth-order valence-corrected chi connectivity index (χ4v) is 4.15. The summed E-state index contributed by atoms with van der Waals surface area (Å²) < 4.78 is 20.4. The van der Waals surface area contributed by atoms with Gasteiger partial charge in [0.15, 0.2) is 5.82 Å². The molecule has 6 nitrogen and oxygen atoms in total.